The summed E-state index contributed by atoms with van der Waals surface area (Å²) in [6.07, 6.45) is 1.48. The van der Waals surface area contributed by atoms with Crippen molar-refractivity contribution >= 4 is 28.9 Å². The van der Waals surface area contributed by atoms with Crippen molar-refractivity contribution in [3.8, 4) is 16.9 Å². The Morgan fingerprint density at radius 1 is 1.33 bits per heavy atom. The Morgan fingerprint density at radius 3 is 2.76 bits per heavy atom. The van der Waals surface area contributed by atoms with Crippen molar-refractivity contribution < 1.29 is 14.6 Å². The number of carbonyl (C=O) groups is 1. The van der Waals surface area contributed by atoms with Gasteiger partial charge in [0, 0.05) is 0 Å². The first kappa shape index (κ1) is 13.5. The van der Waals surface area contributed by atoms with E-state index < -0.39 is 5.97 Å². The predicted molar refractivity (Wildman–Crippen MR) is 75.5 cm³/mol. The standard InChI is InChI=1S/C12H7ClN4O3S/c13-9-8(10(18)19)21-12(15-9)20-11-14-6-17(16-11)7-4-2-1-3-5-7/h1-6H,(H,18,19). The molecular formula is C12H7ClN4O3S. The predicted octanol–water partition coefficient (Wildman–Crippen LogP) is 2.87. The van der Waals surface area contributed by atoms with Gasteiger partial charge in [-0.2, -0.15) is 9.97 Å². The number of benzene rings is 1. The van der Waals surface area contributed by atoms with E-state index in [1.807, 2.05) is 30.3 Å². The Morgan fingerprint density at radius 2 is 2.10 bits per heavy atom. The molecular weight excluding hydrogens is 316 g/mol. The van der Waals surface area contributed by atoms with Crippen molar-refractivity contribution in [3.63, 3.8) is 0 Å². The summed E-state index contributed by atoms with van der Waals surface area (Å²) in [6, 6.07) is 9.42. The van der Waals surface area contributed by atoms with Crippen LogP contribution < -0.4 is 4.74 Å². The normalized spacial score (nSPS) is 10.5. The Kier molecular flexibility index (Phi) is 3.55. The summed E-state index contributed by atoms with van der Waals surface area (Å²) in [6.45, 7) is 0. The Balaban J connectivity index is 1.82. The maximum Gasteiger partial charge on any atom is 0.349 e. The highest BCUT2D eigenvalue weighted by atomic mass is 35.5. The molecule has 0 saturated heterocycles. The van der Waals surface area contributed by atoms with Crippen molar-refractivity contribution in [2.75, 3.05) is 0 Å². The van der Waals surface area contributed by atoms with E-state index in [2.05, 4.69) is 15.1 Å². The Hall–Kier alpha value is -2.45. The molecule has 106 valence electrons. The summed E-state index contributed by atoms with van der Waals surface area (Å²) in [5.41, 5.74) is 0.822. The largest absolute Gasteiger partial charge is 0.477 e. The zero-order valence-corrected chi connectivity index (χ0v) is 11.9. The van der Waals surface area contributed by atoms with E-state index in [4.69, 9.17) is 21.4 Å². The third kappa shape index (κ3) is 2.86. The second kappa shape index (κ2) is 5.51. The summed E-state index contributed by atoms with van der Waals surface area (Å²) in [4.78, 5) is 18.6. The first-order chi connectivity index (χ1) is 10.1. The fourth-order valence-corrected chi connectivity index (χ4v) is 2.50. The van der Waals surface area contributed by atoms with E-state index in [0.29, 0.717) is 0 Å². The number of para-hydroxylation sites is 1. The molecule has 0 amide bonds. The zero-order valence-electron chi connectivity index (χ0n) is 10.3. The second-order valence-electron chi connectivity index (χ2n) is 3.81. The number of hydrogen-bond donors (Lipinski definition) is 1. The molecule has 3 rings (SSSR count). The van der Waals surface area contributed by atoms with Crippen LogP contribution in [0, 0.1) is 0 Å². The molecule has 7 nitrogen and oxygen atoms in total. The summed E-state index contributed by atoms with van der Waals surface area (Å²) >= 11 is 6.51. The molecule has 2 aromatic heterocycles. The number of aromatic nitrogens is 4. The monoisotopic (exact) mass is 322 g/mol. The number of carboxylic acid groups (broad SMARTS) is 1. The molecule has 0 aliphatic rings. The fraction of sp³-hybridized carbons (Fsp3) is 0. The van der Waals surface area contributed by atoms with Crippen LogP contribution >= 0.6 is 22.9 Å². The van der Waals surface area contributed by atoms with Gasteiger partial charge < -0.3 is 9.84 Å². The van der Waals surface area contributed by atoms with Crippen LogP contribution in [0.15, 0.2) is 36.7 Å². The van der Waals surface area contributed by atoms with E-state index in [0.717, 1.165) is 17.0 Å². The first-order valence-corrected chi connectivity index (χ1v) is 6.87. The van der Waals surface area contributed by atoms with Crippen LogP contribution in [0.4, 0.5) is 0 Å². The number of rotatable bonds is 4. The molecule has 3 aromatic rings. The van der Waals surface area contributed by atoms with Gasteiger partial charge >= 0.3 is 12.0 Å². The van der Waals surface area contributed by atoms with Gasteiger partial charge in [-0.15, -0.1) is 5.10 Å². The lowest BCUT2D eigenvalue weighted by atomic mass is 10.3. The van der Waals surface area contributed by atoms with Crippen LogP contribution in [0.1, 0.15) is 9.67 Å². The Bertz CT molecular complexity index is 787. The van der Waals surface area contributed by atoms with Gasteiger partial charge in [-0.1, -0.05) is 41.1 Å². The molecule has 0 aliphatic heterocycles. The van der Waals surface area contributed by atoms with Gasteiger partial charge in [0.05, 0.1) is 5.69 Å². The maximum atomic E-state index is 10.9. The van der Waals surface area contributed by atoms with Crippen molar-refractivity contribution in [3.05, 3.63) is 46.7 Å². The smallest absolute Gasteiger partial charge is 0.349 e. The lowest BCUT2D eigenvalue weighted by Gasteiger charge is -1.97. The van der Waals surface area contributed by atoms with E-state index in [1.54, 1.807) is 0 Å². The van der Waals surface area contributed by atoms with Crippen LogP contribution in [0.3, 0.4) is 0 Å². The van der Waals surface area contributed by atoms with Gasteiger partial charge in [-0.05, 0) is 12.1 Å². The number of halogens is 1. The zero-order chi connectivity index (χ0) is 14.8. The molecule has 0 aliphatic carbocycles. The van der Waals surface area contributed by atoms with Crippen LogP contribution in [-0.2, 0) is 0 Å². The minimum Gasteiger partial charge on any atom is -0.477 e. The van der Waals surface area contributed by atoms with E-state index in [-0.39, 0.29) is 21.2 Å². The SMILES string of the molecule is O=C(O)c1sc(Oc2ncn(-c3ccccc3)n2)nc1Cl. The number of hydrogen-bond acceptors (Lipinski definition) is 6. The molecule has 0 saturated carbocycles. The van der Waals surface area contributed by atoms with Crippen LogP contribution in [0.2, 0.25) is 5.15 Å². The van der Waals surface area contributed by atoms with Crippen LogP contribution in [0.5, 0.6) is 11.2 Å². The van der Waals surface area contributed by atoms with Gasteiger partial charge in [-0.25, -0.2) is 9.48 Å². The van der Waals surface area contributed by atoms with Gasteiger partial charge in [0.2, 0.25) is 0 Å². The third-order valence-electron chi connectivity index (χ3n) is 2.43. The number of ether oxygens (including phenoxy) is 1. The highest BCUT2D eigenvalue weighted by molar-refractivity contribution is 7.15. The highest BCUT2D eigenvalue weighted by Crippen LogP contribution is 2.30. The van der Waals surface area contributed by atoms with Crippen LogP contribution in [-0.4, -0.2) is 30.8 Å². The summed E-state index contributed by atoms with van der Waals surface area (Å²) in [5.74, 6) is -1.16. The number of nitrogens with zero attached hydrogens (tertiary/aromatic N) is 4. The molecule has 0 fully saturated rings. The molecule has 0 radical (unpaired) electrons. The van der Waals surface area contributed by atoms with Gasteiger partial charge in [0.25, 0.3) is 5.19 Å². The van der Waals surface area contributed by atoms with Crippen molar-refractivity contribution in [1.82, 2.24) is 19.7 Å². The summed E-state index contributed by atoms with van der Waals surface area (Å²) in [5, 5.41) is 13.0. The molecule has 9 heteroatoms. The minimum atomic E-state index is -1.16. The van der Waals surface area contributed by atoms with E-state index in [9.17, 15) is 4.79 Å². The van der Waals surface area contributed by atoms with Gasteiger partial charge in [-0.3, -0.25) is 0 Å². The molecule has 0 bridgehead atoms. The topological polar surface area (TPSA) is 90.1 Å². The van der Waals surface area contributed by atoms with Gasteiger partial charge in [0.1, 0.15) is 6.33 Å². The summed E-state index contributed by atoms with van der Waals surface area (Å²) < 4.78 is 6.84. The van der Waals surface area contributed by atoms with Crippen LogP contribution in [0.25, 0.3) is 5.69 Å². The average molecular weight is 323 g/mol. The molecule has 2 heterocycles. The molecule has 0 atom stereocenters. The van der Waals surface area contributed by atoms with Crippen molar-refractivity contribution in [2.45, 2.75) is 0 Å². The number of carboxylic acids is 1. The summed E-state index contributed by atoms with van der Waals surface area (Å²) in [7, 11) is 0. The molecule has 1 aromatic carbocycles. The second-order valence-corrected chi connectivity index (χ2v) is 5.13. The average Bonchev–Trinajstić information content (AvgIpc) is 3.07. The minimum absolute atomic E-state index is 0.0567. The quantitative estimate of drug-likeness (QED) is 0.794. The lowest BCUT2D eigenvalue weighted by molar-refractivity contribution is 0.0702. The highest BCUT2D eigenvalue weighted by Gasteiger charge is 2.18. The van der Waals surface area contributed by atoms with E-state index in [1.165, 1.54) is 11.0 Å². The first-order valence-electron chi connectivity index (χ1n) is 5.68. The maximum absolute atomic E-state index is 10.9. The Labute approximate surface area is 127 Å². The molecule has 1 N–H and O–H groups in total. The molecule has 0 unspecified atom stereocenters. The van der Waals surface area contributed by atoms with Gasteiger partial charge in [0.15, 0.2) is 10.0 Å². The van der Waals surface area contributed by atoms with Crippen molar-refractivity contribution in [1.29, 1.82) is 0 Å². The fourth-order valence-electron chi connectivity index (χ4n) is 1.54. The van der Waals surface area contributed by atoms with Crippen molar-refractivity contribution in [2.24, 2.45) is 0 Å². The third-order valence-corrected chi connectivity index (χ3v) is 3.74. The number of thiazole rings is 1. The van der Waals surface area contributed by atoms with E-state index >= 15 is 0 Å². The molecule has 21 heavy (non-hydrogen) atoms. The number of aromatic carboxylic acids is 1. The molecule has 0 spiro atoms. The lowest BCUT2D eigenvalue weighted by Crippen LogP contribution is -1.94.